The minimum Gasteiger partial charge on any atom is -0.377 e. The van der Waals surface area contributed by atoms with Crippen LogP contribution in [0.2, 0.25) is 0 Å². The molecule has 0 heterocycles. The molecule has 7 nitrogen and oxygen atoms in total. The van der Waals surface area contributed by atoms with Crippen LogP contribution in [-0.4, -0.2) is 29.9 Å². The Morgan fingerprint density at radius 2 is 2.15 bits per heavy atom. The smallest absolute Gasteiger partial charge is 0.321 e. The summed E-state index contributed by atoms with van der Waals surface area (Å²) in [4.78, 5) is 21.5. The number of nitrogens with zero attached hydrogens (tertiary/aromatic N) is 1. The van der Waals surface area contributed by atoms with Gasteiger partial charge in [0.15, 0.2) is 5.17 Å². The van der Waals surface area contributed by atoms with Gasteiger partial charge in [0.2, 0.25) is 5.91 Å². The Labute approximate surface area is 79.3 Å². The molecule has 0 spiro atoms. The standard InChI is InChI=1S/C5H11N5O2S/c1-8-5(12)9-3(11)2-13-4(6)10-7/h2,7H2,1H3,(H2,6,10)(H2,8,9,11,12). The summed E-state index contributed by atoms with van der Waals surface area (Å²) in [7, 11) is 1.41. The average molecular weight is 205 g/mol. The highest BCUT2D eigenvalue weighted by molar-refractivity contribution is 8.14. The quantitative estimate of drug-likeness (QED) is 0.186. The first-order chi connectivity index (χ1) is 6.10. The van der Waals surface area contributed by atoms with Crippen molar-refractivity contribution in [1.29, 1.82) is 0 Å². The number of carbonyl (C=O) groups is 2. The van der Waals surface area contributed by atoms with Gasteiger partial charge in [-0.25, -0.2) is 4.79 Å². The van der Waals surface area contributed by atoms with Crippen molar-refractivity contribution in [3.05, 3.63) is 0 Å². The topological polar surface area (TPSA) is 123 Å². The van der Waals surface area contributed by atoms with E-state index in [0.717, 1.165) is 11.8 Å². The molecule has 0 radical (unpaired) electrons. The molecule has 8 heteroatoms. The molecule has 3 amide bonds. The van der Waals surface area contributed by atoms with Crippen LogP contribution < -0.4 is 22.2 Å². The Balaban J connectivity index is 3.70. The predicted octanol–water partition coefficient (Wildman–Crippen LogP) is -1.64. The van der Waals surface area contributed by atoms with Crippen molar-refractivity contribution in [3.8, 4) is 0 Å². The lowest BCUT2D eigenvalue weighted by Gasteiger charge is -2.01. The first-order valence-electron chi connectivity index (χ1n) is 3.28. The molecule has 0 bridgehead atoms. The second-order valence-corrected chi connectivity index (χ2v) is 2.88. The zero-order chi connectivity index (χ0) is 10.3. The monoisotopic (exact) mass is 205 g/mol. The van der Waals surface area contributed by atoms with Gasteiger partial charge in [0, 0.05) is 7.05 Å². The van der Waals surface area contributed by atoms with Crippen LogP contribution in [0.25, 0.3) is 0 Å². The van der Waals surface area contributed by atoms with E-state index in [4.69, 9.17) is 11.6 Å². The fourth-order valence-electron chi connectivity index (χ4n) is 0.402. The molecule has 0 aromatic heterocycles. The van der Waals surface area contributed by atoms with E-state index in [1.54, 1.807) is 0 Å². The Bertz CT molecular complexity index is 229. The number of imide groups is 1. The molecule has 0 saturated heterocycles. The van der Waals surface area contributed by atoms with Crippen LogP contribution in [0.5, 0.6) is 0 Å². The third-order valence-corrected chi connectivity index (χ3v) is 1.77. The van der Waals surface area contributed by atoms with Gasteiger partial charge in [-0.05, 0) is 0 Å². The van der Waals surface area contributed by atoms with Gasteiger partial charge in [-0.3, -0.25) is 10.1 Å². The molecule has 0 aliphatic heterocycles. The van der Waals surface area contributed by atoms with Gasteiger partial charge >= 0.3 is 6.03 Å². The molecule has 0 saturated carbocycles. The Hall–Kier alpha value is -1.44. The highest BCUT2D eigenvalue weighted by atomic mass is 32.2. The van der Waals surface area contributed by atoms with E-state index in [1.807, 2.05) is 5.32 Å². The number of hydrogen-bond donors (Lipinski definition) is 4. The summed E-state index contributed by atoms with van der Waals surface area (Å²) in [5.74, 6) is 4.35. The van der Waals surface area contributed by atoms with Crippen LogP contribution in [0.4, 0.5) is 4.79 Å². The van der Waals surface area contributed by atoms with Crippen LogP contribution in [-0.2, 0) is 4.79 Å². The number of urea groups is 1. The van der Waals surface area contributed by atoms with E-state index < -0.39 is 11.9 Å². The van der Waals surface area contributed by atoms with Crippen LogP contribution in [0.3, 0.4) is 0 Å². The Kier molecular flexibility index (Phi) is 5.44. The maximum absolute atomic E-state index is 10.9. The lowest BCUT2D eigenvalue weighted by atomic mass is 10.7. The zero-order valence-corrected chi connectivity index (χ0v) is 7.85. The average Bonchev–Trinajstić information content (AvgIpc) is 2.13. The molecule has 0 atom stereocenters. The summed E-state index contributed by atoms with van der Waals surface area (Å²) >= 11 is 0.948. The van der Waals surface area contributed by atoms with Crippen molar-refractivity contribution in [3.63, 3.8) is 0 Å². The first kappa shape index (κ1) is 11.6. The van der Waals surface area contributed by atoms with Gasteiger partial charge in [-0.2, -0.15) is 5.10 Å². The molecule has 0 unspecified atom stereocenters. The highest BCUT2D eigenvalue weighted by Crippen LogP contribution is 1.96. The Morgan fingerprint density at radius 1 is 1.54 bits per heavy atom. The van der Waals surface area contributed by atoms with Crippen LogP contribution in [0.15, 0.2) is 5.10 Å². The summed E-state index contributed by atoms with van der Waals surface area (Å²) in [6.45, 7) is 0. The minimum absolute atomic E-state index is 0.0000463. The summed E-state index contributed by atoms with van der Waals surface area (Å²) in [5, 5.41) is 7.51. The normalized spacial score (nSPS) is 10.7. The molecule has 0 aromatic carbocycles. The van der Waals surface area contributed by atoms with E-state index in [-0.39, 0.29) is 10.9 Å². The number of amidine groups is 1. The maximum Gasteiger partial charge on any atom is 0.321 e. The molecule has 0 rings (SSSR count). The summed E-state index contributed by atoms with van der Waals surface area (Å²) in [6.07, 6.45) is 0. The lowest BCUT2D eigenvalue weighted by Crippen LogP contribution is -2.38. The van der Waals surface area contributed by atoms with Gasteiger partial charge in [-0.1, -0.05) is 11.8 Å². The van der Waals surface area contributed by atoms with E-state index in [1.165, 1.54) is 7.05 Å². The van der Waals surface area contributed by atoms with Gasteiger partial charge in [-0.15, -0.1) is 0 Å². The van der Waals surface area contributed by atoms with Crippen molar-refractivity contribution >= 4 is 28.9 Å². The second kappa shape index (κ2) is 6.12. The fourth-order valence-corrected chi connectivity index (χ4v) is 0.828. The summed E-state index contributed by atoms with van der Waals surface area (Å²) in [5.41, 5.74) is 5.19. The SMILES string of the molecule is CNC(=O)NC(=O)CS/C(N)=N/N. The van der Waals surface area contributed by atoms with Gasteiger partial charge < -0.3 is 16.9 Å². The van der Waals surface area contributed by atoms with Gasteiger partial charge in [0.05, 0.1) is 5.75 Å². The molecule has 0 aromatic rings. The van der Waals surface area contributed by atoms with Crippen molar-refractivity contribution < 1.29 is 9.59 Å². The van der Waals surface area contributed by atoms with Crippen LogP contribution >= 0.6 is 11.8 Å². The van der Waals surface area contributed by atoms with Crippen molar-refractivity contribution in [1.82, 2.24) is 10.6 Å². The molecular formula is C5H11N5O2S. The van der Waals surface area contributed by atoms with E-state index in [9.17, 15) is 9.59 Å². The van der Waals surface area contributed by atoms with Crippen LogP contribution in [0.1, 0.15) is 0 Å². The van der Waals surface area contributed by atoms with Crippen molar-refractivity contribution in [2.75, 3.05) is 12.8 Å². The summed E-state index contributed by atoms with van der Waals surface area (Å²) < 4.78 is 0. The van der Waals surface area contributed by atoms with E-state index in [0.29, 0.717) is 0 Å². The predicted molar refractivity (Wildman–Crippen MR) is 50.9 cm³/mol. The molecule has 0 aliphatic rings. The molecular weight excluding hydrogens is 194 g/mol. The lowest BCUT2D eigenvalue weighted by molar-refractivity contribution is -0.117. The number of carbonyl (C=O) groups excluding carboxylic acids is 2. The molecule has 0 aliphatic carbocycles. The van der Waals surface area contributed by atoms with Crippen molar-refractivity contribution in [2.45, 2.75) is 0 Å². The number of rotatable bonds is 2. The summed E-state index contributed by atoms with van der Waals surface area (Å²) in [6, 6.07) is -0.561. The highest BCUT2D eigenvalue weighted by Gasteiger charge is 2.06. The largest absolute Gasteiger partial charge is 0.377 e. The number of hydrogen-bond acceptors (Lipinski definition) is 5. The number of nitrogens with one attached hydrogen (secondary N) is 2. The van der Waals surface area contributed by atoms with E-state index in [2.05, 4.69) is 10.4 Å². The minimum atomic E-state index is -0.561. The maximum atomic E-state index is 10.9. The molecule has 13 heavy (non-hydrogen) atoms. The number of nitrogens with two attached hydrogens (primary N) is 2. The number of hydrazone groups is 1. The third-order valence-electron chi connectivity index (χ3n) is 0.958. The van der Waals surface area contributed by atoms with Crippen molar-refractivity contribution in [2.24, 2.45) is 16.7 Å². The number of amides is 3. The van der Waals surface area contributed by atoms with Gasteiger partial charge in [0.1, 0.15) is 0 Å². The Morgan fingerprint density at radius 3 is 2.62 bits per heavy atom. The van der Waals surface area contributed by atoms with E-state index >= 15 is 0 Å². The van der Waals surface area contributed by atoms with Crippen LogP contribution in [0, 0.1) is 0 Å². The molecule has 74 valence electrons. The number of thioether (sulfide) groups is 1. The first-order valence-corrected chi connectivity index (χ1v) is 4.26. The van der Waals surface area contributed by atoms with Gasteiger partial charge in [0.25, 0.3) is 0 Å². The third kappa shape index (κ3) is 5.79. The molecule has 6 N–H and O–H groups in total. The fraction of sp³-hybridized carbons (Fsp3) is 0.400. The zero-order valence-electron chi connectivity index (χ0n) is 7.03. The second-order valence-electron chi connectivity index (χ2n) is 1.88. The molecule has 0 fully saturated rings.